The molecule has 0 aliphatic heterocycles. The van der Waals surface area contributed by atoms with Gasteiger partial charge in [-0.15, -0.1) is 0 Å². The van der Waals surface area contributed by atoms with Gasteiger partial charge >= 0.3 is 0 Å². The molecule has 20 heavy (non-hydrogen) atoms. The van der Waals surface area contributed by atoms with Crippen LogP contribution in [0.5, 0.6) is 11.6 Å². The van der Waals surface area contributed by atoms with Gasteiger partial charge < -0.3 is 4.74 Å². The highest BCUT2D eigenvalue weighted by Crippen LogP contribution is 2.28. The molecule has 3 aromatic rings. The van der Waals surface area contributed by atoms with E-state index in [9.17, 15) is 0 Å². The van der Waals surface area contributed by atoms with Crippen molar-refractivity contribution < 1.29 is 4.74 Å². The summed E-state index contributed by atoms with van der Waals surface area (Å²) in [4.78, 5) is 8.63. The summed E-state index contributed by atoms with van der Waals surface area (Å²) in [6, 6.07) is 7.82. The summed E-state index contributed by atoms with van der Waals surface area (Å²) in [5.74, 6) is 1.22. The molecule has 0 aliphatic carbocycles. The van der Waals surface area contributed by atoms with Gasteiger partial charge in [0, 0.05) is 24.2 Å². The molecule has 5 heteroatoms. The molecule has 0 amide bonds. The fourth-order valence-electron chi connectivity index (χ4n) is 1.94. The zero-order valence-corrected chi connectivity index (χ0v) is 12.4. The van der Waals surface area contributed by atoms with E-state index in [4.69, 9.17) is 4.74 Å². The first-order valence-corrected chi connectivity index (χ1v) is 6.96. The predicted molar refractivity (Wildman–Crippen MR) is 81.9 cm³/mol. The monoisotopic (exact) mass is 329 g/mol. The Morgan fingerprint density at radius 1 is 1.30 bits per heavy atom. The van der Waals surface area contributed by atoms with Crippen molar-refractivity contribution in [1.29, 1.82) is 0 Å². The van der Waals surface area contributed by atoms with E-state index < -0.39 is 0 Å². The van der Waals surface area contributed by atoms with Crippen molar-refractivity contribution in [3.8, 4) is 11.6 Å². The van der Waals surface area contributed by atoms with Crippen LogP contribution in [0.25, 0.3) is 11.7 Å². The Labute approximate surface area is 124 Å². The summed E-state index contributed by atoms with van der Waals surface area (Å²) in [6.07, 6.45) is 9.38. The van der Waals surface area contributed by atoms with Crippen molar-refractivity contribution in [1.82, 2.24) is 14.4 Å². The molecule has 100 valence electrons. The third-order valence-corrected chi connectivity index (χ3v) is 3.17. The van der Waals surface area contributed by atoms with E-state index in [1.54, 1.807) is 6.20 Å². The van der Waals surface area contributed by atoms with Gasteiger partial charge in [0.25, 0.3) is 5.88 Å². The number of allylic oxidation sites excluding steroid dienone is 1. The Hall–Kier alpha value is -2.14. The average Bonchev–Trinajstić information content (AvgIpc) is 2.89. The number of halogens is 1. The SMILES string of the molecule is C/C=C/c1ccccc1Oc1nc(Br)cn2ccnc12. The second-order valence-corrected chi connectivity index (χ2v) is 4.98. The van der Waals surface area contributed by atoms with Crippen molar-refractivity contribution >= 4 is 27.7 Å². The van der Waals surface area contributed by atoms with Gasteiger partial charge in [-0.1, -0.05) is 30.4 Å². The zero-order chi connectivity index (χ0) is 13.9. The molecule has 0 saturated carbocycles. The summed E-state index contributed by atoms with van der Waals surface area (Å²) in [7, 11) is 0. The number of fused-ring (bicyclic) bond motifs is 1. The van der Waals surface area contributed by atoms with Gasteiger partial charge in [-0.25, -0.2) is 9.97 Å². The highest BCUT2D eigenvalue weighted by Gasteiger charge is 2.10. The molecule has 2 aromatic heterocycles. The van der Waals surface area contributed by atoms with Gasteiger partial charge in [0.05, 0.1) is 0 Å². The van der Waals surface area contributed by atoms with Gasteiger partial charge in [0.2, 0.25) is 5.65 Å². The molecule has 0 atom stereocenters. The maximum atomic E-state index is 5.94. The molecule has 0 unspecified atom stereocenters. The third kappa shape index (κ3) is 2.44. The standard InChI is InChI=1S/C15H12BrN3O/c1-2-5-11-6-3-4-7-12(11)20-15-14-17-8-9-19(14)10-13(16)18-15/h2-10H,1H3/b5-2+. The van der Waals surface area contributed by atoms with Gasteiger partial charge in [0.15, 0.2) is 0 Å². The molecule has 0 spiro atoms. The minimum atomic E-state index is 0.473. The van der Waals surface area contributed by atoms with Crippen LogP contribution >= 0.6 is 15.9 Å². The molecule has 0 fully saturated rings. The zero-order valence-electron chi connectivity index (χ0n) is 10.8. The molecule has 4 nitrogen and oxygen atoms in total. The van der Waals surface area contributed by atoms with Gasteiger partial charge in [-0.2, -0.15) is 0 Å². The van der Waals surface area contributed by atoms with E-state index in [-0.39, 0.29) is 0 Å². The van der Waals surface area contributed by atoms with Gasteiger partial charge in [-0.3, -0.25) is 4.40 Å². The van der Waals surface area contributed by atoms with Crippen molar-refractivity contribution in [2.24, 2.45) is 0 Å². The predicted octanol–water partition coefficient (Wildman–Crippen LogP) is 4.32. The fraction of sp³-hybridized carbons (Fsp3) is 0.0667. The summed E-state index contributed by atoms with van der Waals surface area (Å²) in [5.41, 5.74) is 1.69. The Morgan fingerprint density at radius 3 is 3.00 bits per heavy atom. The highest BCUT2D eigenvalue weighted by molar-refractivity contribution is 9.10. The second kappa shape index (κ2) is 5.46. The van der Waals surface area contributed by atoms with Crippen molar-refractivity contribution in [2.45, 2.75) is 6.92 Å². The van der Waals surface area contributed by atoms with Crippen LogP contribution < -0.4 is 4.74 Å². The quantitative estimate of drug-likeness (QED) is 0.718. The third-order valence-electron chi connectivity index (χ3n) is 2.79. The number of para-hydroxylation sites is 1. The summed E-state index contributed by atoms with van der Waals surface area (Å²) < 4.78 is 8.50. The summed E-state index contributed by atoms with van der Waals surface area (Å²) in [6.45, 7) is 1.97. The first kappa shape index (κ1) is 12.9. The molecular weight excluding hydrogens is 318 g/mol. The molecule has 1 aromatic carbocycles. The van der Waals surface area contributed by atoms with Crippen LogP contribution in [-0.4, -0.2) is 14.4 Å². The Kier molecular flexibility index (Phi) is 3.52. The molecule has 0 aliphatic rings. The first-order valence-electron chi connectivity index (χ1n) is 6.16. The lowest BCUT2D eigenvalue weighted by Gasteiger charge is -2.09. The topological polar surface area (TPSA) is 39.4 Å². The van der Waals surface area contributed by atoms with Gasteiger partial charge in [0.1, 0.15) is 10.4 Å². The number of rotatable bonds is 3. The lowest BCUT2D eigenvalue weighted by atomic mass is 10.2. The number of nitrogens with zero attached hydrogens (tertiary/aromatic N) is 3. The number of imidazole rings is 1. The van der Waals surface area contributed by atoms with Crippen molar-refractivity contribution in [3.05, 3.63) is 59.1 Å². The maximum absolute atomic E-state index is 5.94. The van der Waals surface area contributed by atoms with E-state index in [0.717, 1.165) is 11.3 Å². The van der Waals surface area contributed by atoms with E-state index in [1.807, 2.05) is 60.1 Å². The van der Waals surface area contributed by atoms with Crippen LogP contribution in [0.2, 0.25) is 0 Å². The summed E-state index contributed by atoms with van der Waals surface area (Å²) >= 11 is 3.38. The number of hydrogen-bond donors (Lipinski definition) is 0. The van der Waals surface area contributed by atoms with Crippen molar-refractivity contribution in [2.75, 3.05) is 0 Å². The number of hydrogen-bond acceptors (Lipinski definition) is 3. The molecule has 0 bridgehead atoms. The summed E-state index contributed by atoms with van der Waals surface area (Å²) in [5, 5.41) is 0. The molecule has 0 radical (unpaired) electrons. The number of aromatic nitrogens is 3. The fourth-order valence-corrected chi connectivity index (χ4v) is 2.32. The normalized spacial score (nSPS) is 11.3. The smallest absolute Gasteiger partial charge is 0.264 e. The maximum Gasteiger partial charge on any atom is 0.264 e. The Balaban J connectivity index is 2.07. The molecule has 2 heterocycles. The van der Waals surface area contributed by atoms with E-state index in [0.29, 0.717) is 16.1 Å². The van der Waals surface area contributed by atoms with Gasteiger partial charge in [-0.05, 0) is 28.9 Å². The number of ether oxygens (including phenoxy) is 1. The lowest BCUT2D eigenvalue weighted by molar-refractivity contribution is 0.462. The Bertz CT molecular complexity index is 780. The van der Waals surface area contributed by atoms with E-state index in [1.165, 1.54) is 0 Å². The minimum Gasteiger partial charge on any atom is -0.435 e. The van der Waals surface area contributed by atoms with Crippen LogP contribution in [0.4, 0.5) is 0 Å². The highest BCUT2D eigenvalue weighted by atomic mass is 79.9. The number of benzene rings is 1. The van der Waals surface area contributed by atoms with E-state index in [2.05, 4.69) is 25.9 Å². The molecule has 3 rings (SSSR count). The molecule has 0 N–H and O–H groups in total. The lowest BCUT2D eigenvalue weighted by Crippen LogP contribution is -1.95. The van der Waals surface area contributed by atoms with Crippen LogP contribution in [0.3, 0.4) is 0 Å². The first-order chi connectivity index (χ1) is 9.78. The molecular formula is C15H12BrN3O. The van der Waals surface area contributed by atoms with Crippen LogP contribution in [0, 0.1) is 0 Å². The van der Waals surface area contributed by atoms with Crippen LogP contribution in [-0.2, 0) is 0 Å². The van der Waals surface area contributed by atoms with E-state index >= 15 is 0 Å². The van der Waals surface area contributed by atoms with Crippen LogP contribution in [0.1, 0.15) is 12.5 Å². The van der Waals surface area contributed by atoms with Crippen molar-refractivity contribution in [3.63, 3.8) is 0 Å². The minimum absolute atomic E-state index is 0.473. The second-order valence-electron chi connectivity index (χ2n) is 4.17. The average molecular weight is 330 g/mol. The van der Waals surface area contributed by atoms with Crippen LogP contribution in [0.15, 0.2) is 53.5 Å². The largest absolute Gasteiger partial charge is 0.435 e. The Morgan fingerprint density at radius 2 is 2.15 bits per heavy atom. The molecule has 0 saturated heterocycles.